The normalized spacial score (nSPS) is 11.1. The van der Waals surface area contributed by atoms with Crippen LogP contribution in [0.2, 0.25) is 0 Å². The largest absolute Gasteiger partial charge is 0.360 e. The molecular weight excluding hydrogens is 404 g/mol. The molecule has 9 nitrogen and oxygen atoms in total. The van der Waals surface area contributed by atoms with E-state index in [1.165, 1.54) is 12.3 Å². The van der Waals surface area contributed by atoms with E-state index in [1.54, 1.807) is 36.8 Å². The van der Waals surface area contributed by atoms with E-state index in [4.69, 9.17) is 0 Å². The Kier molecular flexibility index (Phi) is 5.48. The highest BCUT2D eigenvalue weighted by molar-refractivity contribution is 7.99. The third kappa shape index (κ3) is 4.18. The molecule has 0 aliphatic carbocycles. The van der Waals surface area contributed by atoms with Gasteiger partial charge in [-0.25, -0.2) is 15.4 Å². The van der Waals surface area contributed by atoms with E-state index in [0.717, 1.165) is 22.7 Å². The second kappa shape index (κ2) is 8.53. The molecule has 1 amide bonds. The highest BCUT2D eigenvalue weighted by Crippen LogP contribution is 2.33. The molecule has 30 heavy (non-hydrogen) atoms. The topological polar surface area (TPSA) is 126 Å². The SMILES string of the molecule is O=C(N/N=C/c1ccc(Sc2ncccn2)c([N+](=O)[O-])c1)c1c[nH]c2ccccc12. The molecular formula is C20H14N6O3S. The van der Waals surface area contributed by atoms with Crippen molar-refractivity contribution in [1.82, 2.24) is 20.4 Å². The number of nitro benzene ring substituents is 1. The zero-order valence-corrected chi connectivity index (χ0v) is 16.2. The lowest BCUT2D eigenvalue weighted by Crippen LogP contribution is -2.17. The van der Waals surface area contributed by atoms with Gasteiger partial charge in [0.1, 0.15) is 0 Å². The van der Waals surface area contributed by atoms with Crippen molar-refractivity contribution in [3.63, 3.8) is 0 Å². The van der Waals surface area contributed by atoms with Crippen molar-refractivity contribution in [1.29, 1.82) is 0 Å². The summed E-state index contributed by atoms with van der Waals surface area (Å²) in [6, 6.07) is 13.7. The van der Waals surface area contributed by atoms with E-state index >= 15 is 0 Å². The molecule has 2 aromatic carbocycles. The fraction of sp³-hybridized carbons (Fsp3) is 0. The number of nitro groups is 1. The Balaban J connectivity index is 1.50. The van der Waals surface area contributed by atoms with E-state index < -0.39 is 4.92 Å². The molecule has 2 heterocycles. The van der Waals surface area contributed by atoms with E-state index in [0.29, 0.717) is 21.2 Å². The van der Waals surface area contributed by atoms with Crippen LogP contribution < -0.4 is 5.43 Å². The van der Waals surface area contributed by atoms with Crippen molar-refractivity contribution in [2.45, 2.75) is 10.1 Å². The summed E-state index contributed by atoms with van der Waals surface area (Å²) in [6.07, 6.45) is 6.10. The Labute approximate surface area is 174 Å². The molecule has 0 atom stereocenters. The molecule has 148 valence electrons. The number of benzene rings is 2. The molecule has 0 saturated heterocycles. The molecule has 0 saturated carbocycles. The van der Waals surface area contributed by atoms with Gasteiger partial charge in [-0.15, -0.1) is 0 Å². The van der Waals surface area contributed by atoms with Crippen molar-refractivity contribution in [2.75, 3.05) is 0 Å². The zero-order valence-electron chi connectivity index (χ0n) is 15.4. The molecule has 0 radical (unpaired) electrons. The number of amides is 1. The van der Waals surface area contributed by atoms with E-state index in [9.17, 15) is 14.9 Å². The fourth-order valence-corrected chi connectivity index (χ4v) is 3.56. The maximum Gasteiger partial charge on any atom is 0.283 e. The van der Waals surface area contributed by atoms with Crippen LogP contribution in [0.1, 0.15) is 15.9 Å². The third-order valence-electron chi connectivity index (χ3n) is 4.14. The number of nitrogens with zero attached hydrogens (tertiary/aromatic N) is 4. The first-order valence-electron chi connectivity index (χ1n) is 8.74. The van der Waals surface area contributed by atoms with Gasteiger partial charge in [0, 0.05) is 41.1 Å². The molecule has 4 aromatic rings. The monoisotopic (exact) mass is 418 g/mol. The van der Waals surface area contributed by atoms with Gasteiger partial charge >= 0.3 is 0 Å². The van der Waals surface area contributed by atoms with Crippen LogP contribution in [0, 0.1) is 10.1 Å². The Bertz CT molecular complexity index is 1260. The predicted molar refractivity (Wildman–Crippen MR) is 113 cm³/mol. The fourth-order valence-electron chi connectivity index (χ4n) is 2.77. The standard InChI is InChI=1S/C20H14N6O3S/c27-19(15-12-23-16-5-2-1-4-14(15)16)25-24-11-13-6-7-18(17(10-13)26(28)29)30-20-21-8-3-9-22-20/h1-12,23H,(H,25,27)/b24-11+. The number of hydrazone groups is 1. The molecule has 10 heteroatoms. The first-order valence-corrected chi connectivity index (χ1v) is 9.56. The number of hydrogen-bond acceptors (Lipinski definition) is 7. The smallest absolute Gasteiger partial charge is 0.283 e. The maximum absolute atomic E-state index is 12.4. The van der Waals surface area contributed by atoms with Gasteiger partial charge in [0.25, 0.3) is 11.6 Å². The lowest BCUT2D eigenvalue weighted by Gasteiger charge is -2.03. The number of carbonyl (C=O) groups is 1. The Morgan fingerprint density at radius 3 is 2.77 bits per heavy atom. The number of hydrogen-bond donors (Lipinski definition) is 2. The molecule has 0 aliphatic heterocycles. The minimum atomic E-state index is -0.479. The lowest BCUT2D eigenvalue weighted by atomic mass is 10.2. The number of para-hydroxylation sites is 1. The molecule has 0 aliphatic rings. The van der Waals surface area contributed by atoms with Gasteiger partial charge in [0.2, 0.25) is 0 Å². The van der Waals surface area contributed by atoms with Crippen molar-refractivity contribution < 1.29 is 9.72 Å². The average Bonchev–Trinajstić information content (AvgIpc) is 3.19. The summed E-state index contributed by atoms with van der Waals surface area (Å²) in [5.41, 5.74) is 4.12. The molecule has 0 unspecified atom stereocenters. The van der Waals surface area contributed by atoms with E-state index in [1.807, 2.05) is 24.3 Å². The minimum Gasteiger partial charge on any atom is -0.360 e. The maximum atomic E-state index is 12.4. The van der Waals surface area contributed by atoms with Crippen LogP contribution >= 0.6 is 11.8 Å². The second-order valence-corrected chi connectivity index (χ2v) is 7.07. The lowest BCUT2D eigenvalue weighted by molar-refractivity contribution is -0.387. The average molecular weight is 418 g/mol. The van der Waals surface area contributed by atoms with Gasteiger partial charge in [-0.2, -0.15) is 5.10 Å². The summed E-state index contributed by atoms with van der Waals surface area (Å²) in [7, 11) is 0. The molecule has 0 fully saturated rings. The van der Waals surface area contributed by atoms with Crippen LogP contribution in [0.3, 0.4) is 0 Å². The van der Waals surface area contributed by atoms with Crippen molar-refractivity contribution >= 4 is 40.5 Å². The highest BCUT2D eigenvalue weighted by Gasteiger charge is 2.16. The first kappa shape index (κ1) is 19.3. The Hall–Kier alpha value is -4.05. The first-order chi connectivity index (χ1) is 14.6. The van der Waals surface area contributed by atoms with E-state index in [2.05, 4.69) is 25.5 Å². The van der Waals surface area contributed by atoms with Gasteiger partial charge in [-0.1, -0.05) is 24.3 Å². The second-order valence-electron chi connectivity index (χ2n) is 6.06. The van der Waals surface area contributed by atoms with Crippen LogP contribution in [-0.2, 0) is 0 Å². The number of aromatic nitrogens is 3. The Morgan fingerprint density at radius 1 is 1.17 bits per heavy atom. The summed E-state index contributed by atoms with van der Waals surface area (Å²) in [6.45, 7) is 0. The quantitative estimate of drug-likeness (QED) is 0.212. The van der Waals surface area contributed by atoms with Crippen LogP contribution in [0.25, 0.3) is 10.9 Å². The molecule has 0 spiro atoms. The van der Waals surface area contributed by atoms with Crippen LogP contribution in [0.5, 0.6) is 0 Å². The van der Waals surface area contributed by atoms with Crippen molar-refractivity contribution in [3.8, 4) is 0 Å². The Morgan fingerprint density at radius 2 is 1.97 bits per heavy atom. The van der Waals surface area contributed by atoms with Gasteiger partial charge in [0.15, 0.2) is 5.16 Å². The summed E-state index contributed by atoms with van der Waals surface area (Å²) < 4.78 is 0. The minimum absolute atomic E-state index is 0.0978. The van der Waals surface area contributed by atoms with Gasteiger partial charge in [0.05, 0.1) is 21.6 Å². The molecule has 0 bridgehead atoms. The summed E-state index contributed by atoms with van der Waals surface area (Å²) in [5.74, 6) is -0.383. The van der Waals surface area contributed by atoms with Gasteiger partial charge < -0.3 is 4.98 Å². The third-order valence-corrected chi connectivity index (χ3v) is 5.10. The van der Waals surface area contributed by atoms with Crippen LogP contribution in [-0.4, -0.2) is 32.0 Å². The molecule has 2 aromatic heterocycles. The predicted octanol–water partition coefficient (Wildman–Crippen LogP) is 3.78. The van der Waals surface area contributed by atoms with Gasteiger partial charge in [-0.3, -0.25) is 14.9 Å². The van der Waals surface area contributed by atoms with Crippen molar-refractivity contribution in [3.05, 3.63) is 88.4 Å². The summed E-state index contributed by atoms with van der Waals surface area (Å²) in [5, 5.41) is 16.6. The number of carbonyl (C=O) groups excluding carboxylic acids is 1. The van der Waals surface area contributed by atoms with Gasteiger partial charge in [-0.05, 0) is 30.0 Å². The highest BCUT2D eigenvalue weighted by atomic mass is 32.2. The molecule has 4 rings (SSSR count). The number of fused-ring (bicyclic) bond motifs is 1. The van der Waals surface area contributed by atoms with E-state index in [-0.39, 0.29) is 11.6 Å². The van der Waals surface area contributed by atoms with Crippen LogP contribution in [0.4, 0.5) is 5.69 Å². The summed E-state index contributed by atoms with van der Waals surface area (Å²) in [4.78, 5) is 34.9. The number of rotatable bonds is 6. The zero-order chi connectivity index (χ0) is 20.9. The molecule has 2 N–H and O–H groups in total. The number of nitrogens with one attached hydrogen (secondary N) is 2. The number of H-pyrrole nitrogens is 1. The number of aromatic amines is 1. The summed E-state index contributed by atoms with van der Waals surface area (Å²) >= 11 is 1.10. The van der Waals surface area contributed by atoms with Crippen LogP contribution in [0.15, 0.2) is 82.3 Å². The van der Waals surface area contributed by atoms with Crippen molar-refractivity contribution in [2.24, 2.45) is 5.10 Å².